The van der Waals surface area contributed by atoms with Crippen LogP contribution >= 0.6 is 35.1 Å². The fourth-order valence-corrected chi connectivity index (χ4v) is 4.29. The van der Waals surface area contributed by atoms with E-state index in [-0.39, 0.29) is 5.56 Å². The van der Waals surface area contributed by atoms with Crippen molar-refractivity contribution in [2.45, 2.75) is 22.2 Å². The lowest BCUT2D eigenvalue weighted by molar-refractivity contribution is 0.669. The van der Waals surface area contributed by atoms with Gasteiger partial charge in [0.2, 0.25) is 0 Å². The number of halogens is 1. The Hall–Kier alpha value is -0.910. The summed E-state index contributed by atoms with van der Waals surface area (Å²) in [5.74, 6) is 1.72. The van der Waals surface area contributed by atoms with Crippen LogP contribution in [0.1, 0.15) is 11.3 Å². The zero-order valence-electron chi connectivity index (χ0n) is 10.9. The molecule has 0 saturated carbocycles. The molecule has 3 nitrogen and oxygen atoms in total. The molecule has 0 bridgehead atoms. The molecule has 0 aliphatic carbocycles. The molecule has 1 aromatic heterocycles. The Labute approximate surface area is 130 Å². The van der Waals surface area contributed by atoms with E-state index in [1.165, 1.54) is 0 Å². The van der Waals surface area contributed by atoms with Crippen LogP contribution in [0.4, 0.5) is 0 Å². The average Bonchev–Trinajstić information content (AvgIpc) is 2.90. The Kier molecular flexibility index (Phi) is 4.10. The second-order valence-electron chi connectivity index (χ2n) is 4.55. The SMILES string of the molecule is Cn1c(SCc2cccc(Cl)c2)nc2c(c1=O)SCC2. The second-order valence-corrected chi connectivity index (χ2v) is 7.04. The van der Waals surface area contributed by atoms with E-state index < -0.39 is 0 Å². The van der Waals surface area contributed by atoms with Crippen LogP contribution in [0.5, 0.6) is 0 Å². The summed E-state index contributed by atoms with van der Waals surface area (Å²) in [6.45, 7) is 0. The molecule has 0 N–H and O–H groups in total. The summed E-state index contributed by atoms with van der Waals surface area (Å²) in [4.78, 5) is 17.7. The molecular weight excluding hydrogens is 312 g/mol. The highest BCUT2D eigenvalue weighted by atomic mass is 35.5. The van der Waals surface area contributed by atoms with Crippen molar-refractivity contribution in [2.24, 2.45) is 7.05 Å². The van der Waals surface area contributed by atoms with Crippen LogP contribution in [0.2, 0.25) is 5.02 Å². The van der Waals surface area contributed by atoms with Gasteiger partial charge in [0.05, 0.1) is 10.6 Å². The summed E-state index contributed by atoms with van der Waals surface area (Å²) >= 11 is 9.16. The van der Waals surface area contributed by atoms with E-state index in [2.05, 4.69) is 4.98 Å². The molecule has 1 aliphatic rings. The van der Waals surface area contributed by atoms with Gasteiger partial charge in [-0.1, -0.05) is 35.5 Å². The molecule has 2 heterocycles. The Morgan fingerprint density at radius 3 is 3.15 bits per heavy atom. The topological polar surface area (TPSA) is 34.9 Å². The maximum absolute atomic E-state index is 12.2. The highest BCUT2D eigenvalue weighted by Gasteiger charge is 2.20. The van der Waals surface area contributed by atoms with Crippen molar-refractivity contribution in [3.8, 4) is 0 Å². The van der Waals surface area contributed by atoms with Gasteiger partial charge in [0.15, 0.2) is 5.16 Å². The number of hydrogen-bond acceptors (Lipinski definition) is 4. The number of hydrogen-bond donors (Lipinski definition) is 0. The van der Waals surface area contributed by atoms with Crippen LogP contribution in [0.25, 0.3) is 0 Å². The second kappa shape index (κ2) is 5.84. The first-order chi connectivity index (χ1) is 9.65. The predicted octanol–water partition coefficient (Wildman–Crippen LogP) is 3.37. The van der Waals surface area contributed by atoms with E-state index >= 15 is 0 Å². The Morgan fingerprint density at radius 2 is 2.35 bits per heavy atom. The fraction of sp³-hybridized carbons (Fsp3) is 0.286. The molecule has 3 rings (SSSR count). The quantitative estimate of drug-likeness (QED) is 0.640. The highest BCUT2D eigenvalue weighted by molar-refractivity contribution is 7.99. The van der Waals surface area contributed by atoms with Gasteiger partial charge < -0.3 is 0 Å². The first kappa shape index (κ1) is 14.0. The van der Waals surface area contributed by atoms with E-state index in [4.69, 9.17) is 11.6 Å². The van der Waals surface area contributed by atoms with Crippen molar-refractivity contribution in [3.05, 3.63) is 50.9 Å². The molecule has 1 aliphatic heterocycles. The summed E-state index contributed by atoms with van der Waals surface area (Å²) in [7, 11) is 1.79. The van der Waals surface area contributed by atoms with Crippen molar-refractivity contribution in [1.29, 1.82) is 0 Å². The van der Waals surface area contributed by atoms with Crippen LogP contribution in [0.15, 0.2) is 39.1 Å². The van der Waals surface area contributed by atoms with Crippen LogP contribution in [0.3, 0.4) is 0 Å². The van der Waals surface area contributed by atoms with Crippen molar-refractivity contribution in [1.82, 2.24) is 9.55 Å². The third kappa shape index (κ3) is 2.75. The maximum atomic E-state index is 12.2. The molecule has 0 saturated heterocycles. The van der Waals surface area contributed by atoms with Gasteiger partial charge in [0.25, 0.3) is 5.56 Å². The van der Waals surface area contributed by atoms with E-state index in [1.54, 1.807) is 35.1 Å². The molecule has 0 amide bonds. The highest BCUT2D eigenvalue weighted by Crippen LogP contribution is 2.29. The van der Waals surface area contributed by atoms with Crippen molar-refractivity contribution >= 4 is 35.1 Å². The van der Waals surface area contributed by atoms with Crippen molar-refractivity contribution < 1.29 is 0 Å². The smallest absolute Gasteiger partial charge is 0.267 e. The summed E-state index contributed by atoms with van der Waals surface area (Å²) in [6.07, 6.45) is 0.890. The van der Waals surface area contributed by atoms with Crippen molar-refractivity contribution in [3.63, 3.8) is 0 Å². The molecular formula is C14H13ClN2OS2. The summed E-state index contributed by atoms with van der Waals surface area (Å²) in [6, 6.07) is 7.76. The number of benzene rings is 1. The third-order valence-corrected chi connectivity index (χ3v) is 5.56. The minimum Gasteiger partial charge on any atom is -0.290 e. The van der Waals surface area contributed by atoms with Crippen LogP contribution in [-0.4, -0.2) is 15.3 Å². The van der Waals surface area contributed by atoms with E-state index in [1.807, 2.05) is 24.3 Å². The van der Waals surface area contributed by atoms with Gasteiger partial charge in [-0.25, -0.2) is 4.98 Å². The molecule has 0 unspecified atom stereocenters. The summed E-state index contributed by atoms with van der Waals surface area (Å²) in [5, 5.41) is 1.51. The molecule has 104 valence electrons. The monoisotopic (exact) mass is 324 g/mol. The van der Waals surface area contributed by atoms with Crippen LogP contribution in [-0.2, 0) is 19.2 Å². The summed E-state index contributed by atoms with van der Waals surface area (Å²) in [5.41, 5.74) is 2.16. The molecule has 1 aromatic carbocycles. The molecule has 0 atom stereocenters. The van der Waals surface area contributed by atoms with Gasteiger partial charge in [-0.05, 0) is 17.7 Å². The Bertz CT molecular complexity index is 715. The Balaban J connectivity index is 1.85. The van der Waals surface area contributed by atoms with Gasteiger partial charge in [0.1, 0.15) is 0 Å². The van der Waals surface area contributed by atoms with Crippen molar-refractivity contribution in [2.75, 3.05) is 5.75 Å². The standard InChI is InChI=1S/C14H13ClN2OS2/c1-17-13(18)12-11(5-6-19-12)16-14(17)20-8-9-3-2-4-10(15)7-9/h2-4,7H,5-6,8H2,1H3. The van der Waals surface area contributed by atoms with E-state index in [9.17, 15) is 4.79 Å². The molecule has 0 spiro atoms. The van der Waals surface area contributed by atoms with E-state index in [0.29, 0.717) is 0 Å². The minimum absolute atomic E-state index is 0.0751. The van der Waals surface area contributed by atoms with Gasteiger partial charge in [0, 0.05) is 30.0 Å². The third-order valence-electron chi connectivity index (χ3n) is 3.12. The first-order valence-corrected chi connectivity index (χ1v) is 8.60. The molecule has 0 fully saturated rings. The van der Waals surface area contributed by atoms with Gasteiger partial charge >= 0.3 is 0 Å². The largest absolute Gasteiger partial charge is 0.290 e. The van der Waals surface area contributed by atoms with Crippen LogP contribution in [0, 0.1) is 0 Å². The van der Waals surface area contributed by atoms with E-state index in [0.717, 1.165) is 44.3 Å². The van der Waals surface area contributed by atoms with Gasteiger partial charge in [-0.3, -0.25) is 9.36 Å². The predicted molar refractivity (Wildman–Crippen MR) is 84.9 cm³/mol. The van der Waals surface area contributed by atoms with Crippen LogP contribution < -0.4 is 5.56 Å². The lowest BCUT2D eigenvalue weighted by Gasteiger charge is -2.09. The zero-order valence-corrected chi connectivity index (χ0v) is 13.3. The maximum Gasteiger partial charge on any atom is 0.267 e. The number of aryl methyl sites for hydroxylation is 1. The molecule has 20 heavy (non-hydrogen) atoms. The minimum atomic E-state index is 0.0751. The lowest BCUT2D eigenvalue weighted by atomic mass is 10.2. The van der Waals surface area contributed by atoms with Gasteiger partial charge in [-0.2, -0.15) is 0 Å². The fourth-order valence-electron chi connectivity index (χ4n) is 2.07. The lowest BCUT2D eigenvalue weighted by Crippen LogP contribution is -2.22. The number of rotatable bonds is 3. The summed E-state index contributed by atoms with van der Waals surface area (Å²) < 4.78 is 1.65. The number of aromatic nitrogens is 2. The normalized spacial score (nSPS) is 13.5. The van der Waals surface area contributed by atoms with Gasteiger partial charge in [-0.15, -0.1) is 11.8 Å². The number of nitrogens with zero attached hydrogens (tertiary/aromatic N) is 2. The first-order valence-electron chi connectivity index (χ1n) is 6.25. The number of fused-ring (bicyclic) bond motifs is 1. The molecule has 6 heteroatoms. The molecule has 2 aromatic rings. The molecule has 0 radical (unpaired) electrons. The Morgan fingerprint density at radius 1 is 1.50 bits per heavy atom. The zero-order chi connectivity index (χ0) is 14.1. The number of thioether (sulfide) groups is 2. The average molecular weight is 325 g/mol.